The number of carbonyl (C=O) groups is 1. The van der Waals surface area contributed by atoms with Crippen molar-refractivity contribution in [2.45, 2.75) is 31.7 Å². The summed E-state index contributed by atoms with van der Waals surface area (Å²) in [5.74, 6) is -0.490. The van der Waals surface area contributed by atoms with Crippen LogP contribution in [0.3, 0.4) is 0 Å². The maximum atomic E-state index is 15.0. The first kappa shape index (κ1) is 22.0. The van der Waals surface area contributed by atoms with E-state index in [-0.39, 0.29) is 11.7 Å². The van der Waals surface area contributed by atoms with Gasteiger partial charge in [-0.2, -0.15) is 4.39 Å². The van der Waals surface area contributed by atoms with E-state index in [4.69, 9.17) is 5.73 Å². The Labute approximate surface area is 204 Å². The Morgan fingerprint density at radius 3 is 2.60 bits per heavy atom. The van der Waals surface area contributed by atoms with Gasteiger partial charge in [0.2, 0.25) is 5.95 Å². The molecular weight excluding hydrogens is 441 g/mol. The Hall–Kier alpha value is -3.45. The molecule has 6 nitrogen and oxygen atoms in total. The highest BCUT2D eigenvalue weighted by molar-refractivity contribution is 5.97. The third-order valence-corrected chi connectivity index (χ3v) is 7.69. The Balaban J connectivity index is 1.30. The van der Waals surface area contributed by atoms with Gasteiger partial charge in [-0.15, -0.1) is 0 Å². The Kier molecular flexibility index (Phi) is 5.65. The van der Waals surface area contributed by atoms with Crippen molar-refractivity contribution in [3.8, 4) is 22.3 Å². The molecule has 1 amide bonds. The van der Waals surface area contributed by atoms with E-state index in [9.17, 15) is 9.18 Å². The number of hydrogen-bond donors (Lipinski definition) is 2. The summed E-state index contributed by atoms with van der Waals surface area (Å²) >= 11 is 0. The molecule has 180 valence electrons. The summed E-state index contributed by atoms with van der Waals surface area (Å²) in [6.45, 7) is 5.11. The molecule has 4 heterocycles. The number of hydrogen-bond acceptors (Lipinski definition) is 5. The van der Waals surface area contributed by atoms with Gasteiger partial charge in [-0.1, -0.05) is 24.3 Å². The molecule has 3 aromatic rings. The number of halogens is 1. The van der Waals surface area contributed by atoms with Crippen LogP contribution in [0.1, 0.15) is 35.2 Å². The topological polar surface area (TPSA) is 74.5 Å². The predicted molar refractivity (Wildman–Crippen MR) is 137 cm³/mol. The van der Waals surface area contributed by atoms with Gasteiger partial charge in [0.05, 0.1) is 0 Å². The summed E-state index contributed by atoms with van der Waals surface area (Å²) in [6, 6.07) is 16.2. The first-order chi connectivity index (χ1) is 17.1. The van der Waals surface area contributed by atoms with E-state index in [0.29, 0.717) is 29.3 Å². The lowest BCUT2D eigenvalue weighted by molar-refractivity contribution is 0.0946. The van der Waals surface area contributed by atoms with E-state index in [1.165, 1.54) is 38.0 Å². The number of fused-ring (bicyclic) bond motifs is 2. The predicted octanol–water partition coefficient (Wildman–Crippen LogP) is 4.10. The molecule has 3 aliphatic rings. The van der Waals surface area contributed by atoms with Gasteiger partial charge < -0.3 is 16.0 Å². The molecule has 35 heavy (non-hydrogen) atoms. The van der Waals surface area contributed by atoms with E-state index in [1.54, 1.807) is 6.07 Å². The number of aromatic nitrogens is 1. The fourth-order valence-corrected chi connectivity index (χ4v) is 5.83. The van der Waals surface area contributed by atoms with E-state index >= 15 is 0 Å². The molecule has 7 heteroatoms. The molecule has 1 unspecified atom stereocenters. The van der Waals surface area contributed by atoms with Crippen LogP contribution in [-0.4, -0.2) is 54.6 Å². The van der Waals surface area contributed by atoms with Crippen LogP contribution >= 0.6 is 0 Å². The second-order valence-electron chi connectivity index (χ2n) is 9.82. The lowest BCUT2D eigenvalue weighted by Gasteiger charge is -2.27. The zero-order chi connectivity index (χ0) is 23.9. The molecule has 2 fully saturated rings. The molecule has 6 rings (SSSR count). The van der Waals surface area contributed by atoms with E-state index in [1.807, 2.05) is 30.3 Å². The van der Waals surface area contributed by atoms with Gasteiger partial charge in [-0.3, -0.25) is 9.69 Å². The monoisotopic (exact) mass is 471 g/mol. The Morgan fingerprint density at radius 1 is 0.943 bits per heavy atom. The molecule has 0 saturated carbocycles. The summed E-state index contributed by atoms with van der Waals surface area (Å²) in [5.41, 5.74) is 11.7. The second kappa shape index (κ2) is 8.96. The van der Waals surface area contributed by atoms with Crippen LogP contribution in [0.15, 0.2) is 48.5 Å². The number of rotatable bonds is 3. The van der Waals surface area contributed by atoms with Crippen LogP contribution in [0.2, 0.25) is 0 Å². The molecule has 2 aromatic carbocycles. The molecule has 1 atom stereocenters. The number of nitrogens with zero attached hydrogens (tertiary/aromatic N) is 3. The molecular formula is C28H30FN5O. The summed E-state index contributed by atoms with van der Waals surface area (Å²) in [5, 5.41) is 2.86. The fraction of sp³-hybridized carbons (Fsp3) is 0.357. The highest BCUT2D eigenvalue weighted by Crippen LogP contribution is 2.34. The van der Waals surface area contributed by atoms with E-state index < -0.39 is 5.95 Å². The lowest BCUT2D eigenvalue weighted by atomic mass is 9.94. The van der Waals surface area contributed by atoms with Crippen LogP contribution in [0.5, 0.6) is 0 Å². The highest BCUT2D eigenvalue weighted by Gasteiger charge is 2.28. The smallest absolute Gasteiger partial charge is 0.251 e. The van der Waals surface area contributed by atoms with Gasteiger partial charge in [0, 0.05) is 54.6 Å². The molecule has 0 bridgehead atoms. The number of pyridine rings is 1. The summed E-state index contributed by atoms with van der Waals surface area (Å²) in [4.78, 5) is 21.2. The van der Waals surface area contributed by atoms with Gasteiger partial charge in [0.25, 0.3) is 5.91 Å². The maximum Gasteiger partial charge on any atom is 0.251 e. The SMILES string of the molecule is Nc1nc(F)c(-c2ccc(N3CCCN4CCCC4C3)cc2)cc1-c1ccc2c(c1)CCNC2=O. The molecule has 3 N–H and O–H groups in total. The normalized spacial score (nSPS) is 20.2. The van der Waals surface area contributed by atoms with Crippen LogP contribution in [0.25, 0.3) is 22.3 Å². The van der Waals surface area contributed by atoms with Gasteiger partial charge in [0.15, 0.2) is 0 Å². The number of nitrogens with one attached hydrogen (secondary N) is 1. The van der Waals surface area contributed by atoms with Crippen LogP contribution in [-0.2, 0) is 6.42 Å². The van der Waals surface area contributed by atoms with Crippen molar-refractivity contribution in [2.75, 3.05) is 43.4 Å². The zero-order valence-corrected chi connectivity index (χ0v) is 19.8. The fourth-order valence-electron chi connectivity index (χ4n) is 5.83. The summed E-state index contributed by atoms with van der Waals surface area (Å²) < 4.78 is 15.0. The minimum absolute atomic E-state index is 0.0613. The van der Waals surface area contributed by atoms with E-state index in [0.717, 1.165) is 36.2 Å². The molecule has 0 aliphatic carbocycles. The van der Waals surface area contributed by atoms with Crippen molar-refractivity contribution < 1.29 is 9.18 Å². The van der Waals surface area contributed by atoms with Gasteiger partial charge in [-0.25, -0.2) is 4.98 Å². The maximum absolute atomic E-state index is 15.0. The van der Waals surface area contributed by atoms with Crippen LogP contribution in [0.4, 0.5) is 15.9 Å². The number of amides is 1. The highest BCUT2D eigenvalue weighted by atomic mass is 19.1. The first-order valence-electron chi connectivity index (χ1n) is 12.5. The number of nitrogen functional groups attached to an aromatic ring is 1. The Bertz CT molecular complexity index is 1280. The second-order valence-corrected chi connectivity index (χ2v) is 9.82. The van der Waals surface area contributed by atoms with Crippen LogP contribution < -0.4 is 16.0 Å². The quantitative estimate of drug-likeness (QED) is 0.563. The summed E-state index contributed by atoms with van der Waals surface area (Å²) in [7, 11) is 0. The van der Waals surface area contributed by atoms with Gasteiger partial charge in [-0.05, 0) is 73.2 Å². The third kappa shape index (κ3) is 4.14. The van der Waals surface area contributed by atoms with Crippen molar-refractivity contribution >= 4 is 17.4 Å². The lowest BCUT2D eigenvalue weighted by Crippen LogP contribution is -2.36. The number of anilines is 2. The van der Waals surface area contributed by atoms with Crippen molar-refractivity contribution in [2.24, 2.45) is 0 Å². The van der Waals surface area contributed by atoms with Gasteiger partial charge in [0.1, 0.15) is 5.82 Å². The molecule has 0 spiro atoms. The van der Waals surface area contributed by atoms with Crippen molar-refractivity contribution in [1.29, 1.82) is 0 Å². The standard InChI is InChI=1S/C28H30FN5O/c29-26-24(16-25(27(30)32-26)19-6-9-23-20(15-19)10-11-31-28(23)35)18-4-7-21(8-5-18)34-14-2-13-33-12-1-3-22(33)17-34/h4-9,15-16,22H,1-3,10-14,17H2,(H2,30,32)(H,31,35). The van der Waals surface area contributed by atoms with Gasteiger partial charge >= 0.3 is 0 Å². The minimum atomic E-state index is -0.576. The average Bonchev–Trinajstić information content (AvgIpc) is 3.21. The minimum Gasteiger partial charge on any atom is -0.383 e. The summed E-state index contributed by atoms with van der Waals surface area (Å²) in [6.07, 6.45) is 4.49. The zero-order valence-electron chi connectivity index (χ0n) is 19.8. The van der Waals surface area contributed by atoms with Crippen molar-refractivity contribution in [3.63, 3.8) is 0 Å². The largest absolute Gasteiger partial charge is 0.383 e. The van der Waals surface area contributed by atoms with E-state index in [2.05, 4.69) is 32.2 Å². The molecule has 3 aliphatic heterocycles. The number of nitrogens with two attached hydrogens (primary N) is 1. The number of benzene rings is 2. The first-order valence-corrected chi connectivity index (χ1v) is 12.5. The molecule has 0 radical (unpaired) electrons. The van der Waals surface area contributed by atoms with Crippen molar-refractivity contribution in [3.05, 3.63) is 65.6 Å². The molecule has 1 aromatic heterocycles. The molecule has 2 saturated heterocycles. The third-order valence-electron chi connectivity index (χ3n) is 7.69. The van der Waals surface area contributed by atoms with Crippen LogP contribution in [0, 0.1) is 5.95 Å². The average molecular weight is 472 g/mol. The number of carbonyl (C=O) groups excluding carboxylic acids is 1. The van der Waals surface area contributed by atoms with Crippen molar-refractivity contribution in [1.82, 2.24) is 15.2 Å². The Morgan fingerprint density at radius 2 is 1.74 bits per heavy atom.